The molecule has 0 saturated heterocycles. The van der Waals surface area contributed by atoms with E-state index < -0.39 is 12.6 Å². The summed E-state index contributed by atoms with van der Waals surface area (Å²) in [5.74, 6) is 0.374. The van der Waals surface area contributed by atoms with E-state index in [1.807, 2.05) is 19.2 Å². The second-order valence-corrected chi connectivity index (χ2v) is 4.91. The van der Waals surface area contributed by atoms with Crippen molar-refractivity contribution >= 4 is 0 Å². The second kappa shape index (κ2) is 5.31. The Kier molecular flexibility index (Phi) is 3.95. The van der Waals surface area contributed by atoms with E-state index in [2.05, 4.69) is 17.4 Å². The number of fused-ring (bicyclic) bond motifs is 1. The lowest BCUT2D eigenvalue weighted by Gasteiger charge is -2.36. The van der Waals surface area contributed by atoms with Crippen LogP contribution in [0, 0.1) is 0 Å². The Morgan fingerprint density at radius 1 is 1.33 bits per heavy atom. The van der Waals surface area contributed by atoms with Crippen LogP contribution in [0.25, 0.3) is 0 Å². The van der Waals surface area contributed by atoms with E-state index in [0.717, 1.165) is 6.42 Å². The van der Waals surface area contributed by atoms with Gasteiger partial charge in [0.1, 0.15) is 0 Å². The van der Waals surface area contributed by atoms with Crippen molar-refractivity contribution in [3.63, 3.8) is 0 Å². The third-order valence-corrected chi connectivity index (χ3v) is 3.73. The van der Waals surface area contributed by atoms with E-state index in [1.54, 1.807) is 0 Å². The summed E-state index contributed by atoms with van der Waals surface area (Å²) in [5.41, 5.74) is 2.63. The molecule has 4 heteroatoms. The van der Waals surface area contributed by atoms with Crippen LogP contribution < -0.4 is 5.32 Å². The lowest BCUT2D eigenvalue weighted by Crippen LogP contribution is -2.38. The lowest BCUT2D eigenvalue weighted by atomic mass is 9.72. The number of likely N-dealkylation sites (N-methyl/N-ethyl adjacent to an activating group) is 1. The second-order valence-electron chi connectivity index (χ2n) is 4.91. The average molecular weight is 257 g/mol. The highest BCUT2D eigenvalue weighted by atomic mass is 19.4. The number of benzene rings is 1. The van der Waals surface area contributed by atoms with E-state index in [-0.39, 0.29) is 12.5 Å². The molecule has 0 amide bonds. The standard InChI is InChI=1S/C14H18F3N/c1-18-13(7-4-8-14(15,16)17)12-9-10-5-2-3-6-11(10)12/h2-3,5-6,12-13,18H,4,7-9H2,1H3. The molecular weight excluding hydrogens is 239 g/mol. The number of hydrogen-bond donors (Lipinski definition) is 1. The van der Waals surface area contributed by atoms with Crippen molar-refractivity contribution in [2.45, 2.75) is 43.8 Å². The minimum Gasteiger partial charge on any atom is -0.316 e. The molecule has 0 saturated carbocycles. The molecule has 2 unspecified atom stereocenters. The van der Waals surface area contributed by atoms with Crippen LogP contribution in [0.5, 0.6) is 0 Å². The number of nitrogens with one attached hydrogen (secondary N) is 1. The van der Waals surface area contributed by atoms with Crippen molar-refractivity contribution in [1.82, 2.24) is 5.32 Å². The molecule has 1 N–H and O–H groups in total. The molecule has 0 radical (unpaired) electrons. The molecule has 18 heavy (non-hydrogen) atoms. The van der Waals surface area contributed by atoms with Crippen LogP contribution in [-0.4, -0.2) is 19.3 Å². The van der Waals surface area contributed by atoms with Gasteiger partial charge in [-0.1, -0.05) is 24.3 Å². The van der Waals surface area contributed by atoms with Crippen LogP contribution >= 0.6 is 0 Å². The summed E-state index contributed by atoms with van der Waals surface area (Å²) in [6.07, 6.45) is -2.95. The fraction of sp³-hybridized carbons (Fsp3) is 0.571. The van der Waals surface area contributed by atoms with Gasteiger partial charge in [0.2, 0.25) is 0 Å². The highest BCUT2D eigenvalue weighted by molar-refractivity contribution is 5.41. The first-order chi connectivity index (χ1) is 8.51. The van der Waals surface area contributed by atoms with E-state index >= 15 is 0 Å². The van der Waals surface area contributed by atoms with Gasteiger partial charge in [-0.15, -0.1) is 0 Å². The fourth-order valence-electron chi connectivity index (χ4n) is 2.73. The van der Waals surface area contributed by atoms with Gasteiger partial charge in [-0.05, 0) is 37.4 Å². The molecule has 0 aliphatic heterocycles. The predicted molar refractivity (Wildman–Crippen MR) is 65.6 cm³/mol. The molecule has 100 valence electrons. The van der Waals surface area contributed by atoms with Crippen LogP contribution in [0.2, 0.25) is 0 Å². The van der Waals surface area contributed by atoms with Gasteiger partial charge in [-0.3, -0.25) is 0 Å². The normalized spacial score (nSPS) is 20.1. The van der Waals surface area contributed by atoms with Gasteiger partial charge in [0, 0.05) is 18.4 Å². The SMILES string of the molecule is CNC(CCCC(F)(F)F)C1Cc2ccccc21. The van der Waals surface area contributed by atoms with Gasteiger partial charge in [0.05, 0.1) is 0 Å². The molecule has 0 aromatic heterocycles. The fourth-order valence-corrected chi connectivity index (χ4v) is 2.73. The highest BCUT2D eigenvalue weighted by Gasteiger charge is 2.33. The molecule has 0 bridgehead atoms. The number of halogens is 3. The Labute approximate surface area is 105 Å². The van der Waals surface area contributed by atoms with Crippen LogP contribution in [0.15, 0.2) is 24.3 Å². The summed E-state index contributed by atoms with van der Waals surface area (Å²) < 4.78 is 36.4. The molecule has 0 fully saturated rings. The van der Waals surface area contributed by atoms with Crippen LogP contribution in [-0.2, 0) is 6.42 Å². The van der Waals surface area contributed by atoms with E-state index in [1.165, 1.54) is 11.1 Å². The monoisotopic (exact) mass is 257 g/mol. The van der Waals surface area contributed by atoms with E-state index in [0.29, 0.717) is 12.3 Å². The minimum atomic E-state index is -4.03. The van der Waals surface area contributed by atoms with Gasteiger partial charge in [-0.25, -0.2) is 0 Å². The summed E-state index contributed by atoms with van der Waals surface area (Å²) in [4.78, 5) is 0. The van der Waals surface area contributed by atoms with E-state index in [4.69, 9.17) is 0 Å². The first kappa shape index (κ1) is 13.4. The Hall–Kier alpha value is -1.03. The number of rotatable bonds is 5. The van der Waals surface area contributed by atoms with Crippen molar-refractivity contribution in [3.8, 4) is 0 Å². The summed E-state index contributed by atoms with van der Waals surface area (Å²) >= 11 is 0. The predicted octanol–water partition coefficient (Wildman–Crippen LogP) is 3.65. The van der Waals surface area contributed by atoms with Gasteiger partial charge in [0.25, 0.3) is 0 Å². The van der Waals surface area contributed by atoms with Gasteiger partial charge in [-0.2, -0.15) is 13.2 Å². The molecule has 1 aliphatic carbocycles. The number of hydrogen-bond acceptors (Lipinski definition) is 1. The van der Waals surface area contributed by atoms with Crippen molar-refractivity contribution < 1.29 is 13.2 Å². The molecule has 1 nitrogen and oxygen atoms in total. The molecule has 1 aromatic carbocycles. The maximum absolute atomic E-state index is 12.1. The first-order valence-electron chi connectivity index (χ1n) is 6.33. The molecule has 0 spiro atoms. The smallest absolute Gasteiger partial charge is 0.316 e. The topological polar surface area (TPSA) is 12.0 Å². The maximum atomic E-state index is 12.1. The number of alkyl halides is 3. The van der Waals surface area contributed by atoms with Gasteiger partial charge >= 0.3 is 6.18 Å². The molecule has 1 aliphatic rings. The van der Waals surface area contributed by atoms with Gasteiger partial charge in [0.15, 0.2) is 0 Å². The molecular formula is C14H18F3N. The third-order valence-electron chi connectivity index (χ3n) is 3.73. The van der Waals surface area contributed by atoms with Crippen LogP contribution in [0.3, 0.4) is 0 Å². The summed E-state index contributed by atoms with van der Waals surface area (Å²) in [5, 5.41) is 3.16. The molecule has 2 rings (SSSR count). The quantitative estimate of drug-likeness (QED) is 0.849. The van der Waals surface area contributed by atoms with Crippen LogP contribution in [0.1, 0.15) is 36.3 Å². The molecule has 2 atom stereocenters. The van der Waals surface area contributed by atoms with Gasteiger partial charge < -0.3 is 5.32 Å². The maximum Gasteiger partial charge on any atom is 0.389 e. The zero-order valence-electron chi connectivity index (χ0n) is 10.4. The third kappa shape index (κ3) is 3.05. The average Bonchev–Trinajstić information content (AvgIpc) is 2.27. The largest absolute Gasteiger partial charge is 0.389 e. The zero-order chi connectivity index (χ0) is 13.2. The van der Waals surface area contributed by atoms with Crippen molar-refractivity contribution in [2.75, 3.05) is 7.05 Å². The van der Waals surface area contributed by atoms with E-state index in [9.17, 15) is 13.2 Å². The highest BCUT2D eigenvalue weighted by Crippen LogP contribution is 2.38. The molecule has 0 heterocycles. The summed E-state index contributed by atoms with van der Waals surface area (Å²) in [7, 11) is 1.83. The Morgan fingerprint density at radius 3 is 2.67 bits per heavy atom. The Bertz CT molecular complexity index is 400. The Balaban J connectivity index is 1.88. The van der Waals surface area contributed by atoms with Crippen molar-refractivity contribution in [3.05, 3.63) is 35.4 Å². The van der Waals surface area contributed by atoms with Crippen LogP contribution in [0.4, 0.5) is 13.2 Å². The van der Waals surface area contributed by atoms with Crippen molar-refractivity contribution in [2.24, 2.45) is 0 Å². The first-order valence-corrected chi connectivity index (χ1v) is 6.33. The summed E-state index contributed by atoms with van der Waals surface area (Å²) in [6.45, 7) is 0. The zero-order valence-corrected chi connectivity index (χ0v) is 10.4. The molecule has 1 aromatic rings. The van der Waals surface area contributed by atoms with Crippen molar-refractivity contribution in [1.29, 1.82) is 0 Å². The lowest BCUT2D eigenvalue weighted by molar-refractivity contribution is -0.135. The minimum absolute atomic E-state index is 0.155. The Morgan fingerprint density at radius 2 is 2.06 bits per heavy atom. The summed E-state index contributed by atoms with van der Waals surface area (Å²) in [6, 6.07) is 8.33.